The van der Waals surface area contributed by atoms with Gasteiger partial charge in [-0.25, -0.2) is 0 Å². The SMILES string of the molecule is CCn1cc(CC(CCl)(CCl)c2ccc(Cl)cc2)cn1. The van der Waals surface area contributed by atoms with Crippen molar-refractivity contribution in [1.82, 2.24) is 9.78 Å². The molecule has 2 aromatic rings. The molecule has 2 nitrogen and oxygen atoms in total. The van der Waals surface area contributed by atoms with Crippen LogP contribution in [0.1, 0.15) is 18.1 Å². The van der Waals surface area contributed by atoms with Crippen molar-refractivity contribution in [2.75, 3.05) is 11.8 Å². The van der Waals surface area contributed by atoms with Crippen LogP contribution in [0.2, 0.25) is 5.02 Å². The van der Waals surface area contributed by atoms with Crippen LogP contribution in [0.25, 0.3) is 0 Å². The van der Waals surface area contributed by atoms with Crippen molar-refractivity contribution >= 4 is 34.8 Å². The Hall–Kier alpha value is -0.700. The van der Waals surface area contributed by atoms with Crippen LogP contribution in [-0.4, -0.2) is 21.5 Å². The minimum atomic E-state index is -0.296. The second kappa shape index (κ2) is 6.84. The summed E-state index contributed by atoms with van der Waals surface area (Å²) in [5.74, 6) is 0.908. The van der Waals surface area contributed by atoms with Crippen molar-refractivity contribution < 1.29 is 0 Å². The van der Waals surface area contributed by atoms with Crippen LogP contribution in [-0.2, 0) is 18.4 Å². The minimum absolute atomic E-state index is 0.296. The molecule has 0 saturated heterocycles. The van der Waals surface area contributed by atoms with E-state index in [1.54, 1.807) is 0 Å². The standard InChI is InChI=1S/C15H17Cl3N2/c1-2-20-9-12(8-19-20)7-15(10-16,11-17)13-3-5-14(18)6-4-13/h3-6,8-9H,2,7,10-11H2,1H3. The van der Waals surface area contributed by atoms with Gasteiger partial charge in [0.25, 0.3) is 0 Å². The quantitative estimate of drug-likeness (QED) is 0.712. The van der Waals surface area contributed by atoms with Crippen molar-refractivity contribution in [2.24, 2.45) is 0 Å². The van der Waals surface area contributed by atoms with Gasteiger partial charge in [0.15, 0.2) is 0 Å². The average Bonchev–Trinajstić information content (AvgIpc) is 2.93. The Bertz CT molecular complexity index is 545. The van der Waals surface area contributed by atoms with Gasteiger partial charge in [0.1, 0.15) is 0 Å². The molecule has 0 spiro atoms. The molecule has 0 bridgehead atoms. The summed E-state index contributed by atoms with van der Waals surface area (Å²) < 4.78 is 1.91. The minimum Gasteiger partial charge on any atom is -0.273 e. The predicted octanol–water partition coefficient (Wildman–Crippen LogP) is 4.51. The zero-order valence-electron chi connectivity index (χ0n) is 11.3. The summed E-state index contributed by atoms with van der Waals surface area (Å²) in [5.41, 5.74) is 1.95. The Morgan fingerprint density at radius 3 is 2.30 bits per heavy atom. The van der Waals surface area contributed by atoms with E-state index < -0.39 is 0 Å². The van der Waals surface area contributed by atoms with Crippen molar-refractivity contribution in [2.45, 2.75) is 25.3 Å². The summed E-state index contributed by atoms with van der Waals surface area (Å²) in [6, 6.07) is 7.75. The number of aryl methyl sites for hydroxylation is 1. The maximum absolute atomic E-state index is 6.24. The van der Waals surface area contributed by atoms with Crippen LogP contribution in [0.3, 0.4) is 0 Å². The van der Waals surface area contributed by atoms with Crippen molar-refractivity contribution in [3.05, 3.63) is 52.8 Å². The number of hydrogen-bond donors (Lipinski definition) is 0. The largest absolute Gasteiger partial charge is 0.273 e. The van der Waals surface area contributed by atoms with Gasteiger partial charge in [0, 0.05) is 34.9 Å². The highest BCUT2D eigenvalue weighted by atomic mass is 35.5. The zero-order valence-corrected chi connectivity index (χ0v) is 13.6. The number of aromatic nitrogens is 2. The number of alkyl halides is 2. The van der Waals surface area contributed by atoms with Crippen LogP contribution in [0.4, 0.5) is 0 Å². The van der Waals surface area contributed by atoms with E-state index in [0.29, 0.717) is 16.8 Å². The lowest BCUT2D eigenvalue weighted by Crippen LogP contribution is -2.33. The fourth-order valence-corrected chi connectivity index (χ4v) is 3.16. The molecule has 0 radical (unpaired) electrons. The highest BCUT2D eigenvalue weighted by Gasteiger charge is 2.31. The summed E-state index contributed by atoms with van der Waals surface area (Å²) in [6.07, 6.45) is 4.69. The normalized spacial score (nSPS) is 11.8. The molecule has 0 amide bonds. The van der Waals surface area contributed by atoms with Gasteiger partial charge in [-0.2, -0.15) is 5.10 Å². The third-order valence-corrected chi connectivity index (χ3v) is 4.80. The molecule has 1 aromatic carbocycles. The van der Waals surface area contributed by atoms with Crippen molar-refractivity contribution in [3.63, 3.8) is 0 Å². The lowest BCUT2D eigenvalue weighted by molar-refractivity contribution is 0.535. The molecule has 1 aromatic heterocycles. The zero-order chi connectivity index (χ0) is 14.6. The van der Waals surface area contributed by atoms with Gasteiger partial charge in [-0.3, -0.25) is 4.68 Å². The summed E-state index contributed by atoms with van der Waals surface area (Å²) in [5, 5.41) is 5.02. The van der Waals surface area contributed by atoms with E-state index in [1.165, 1.54) is 0 Å². The van der Waals surface area contributed by atoms with Crippen LogP contribution in [0.15, 0.2) is 36.7 Å². The molecule has 0 atom stereocenters. The lowest BCUT2D eigenvalue weighted by atomic mass is 9.79. The Morgan fingerprint density at radius 2 is 1.80 bits per heavy atom. The molecule has 5 heteroatoms. The van der Waals surface area contributed by atoms with E-state index in [9.17, 15) is 0 Å². The van der Waals surface area contributed by atoms with Crippen molar-refractivity contribution in [3.8, 4) is 0 Å². The van der Waals surface area contributed by atoms with Gasteiger partial charge < -0.3 is 0 Å². The third kappa shape index (κ3) is 3.30. The van der Waals surface area contributed by atoms with Gasteiger partial charge in [-0.15, -0.1) is 23.2 Å². The molecule has 0 aliphatic carbocycles. The molecule has 0 unspecified atom stereocenters. The highest BCUT2D eigenvalue weighted by molar-refractivity contribution is 6.30. The maximum Gasteiger partial charge on any atom is 0.0522 e. The van der Waals surface area contributed by atoms with Gasteiger partial charge >= 0.3 is 0 Å². The van der Waals surface area contributed by atoms with Gasteiger partial charge in [-0.05, 0) is 36.6 Å². The first-order valence-electron chi connectivity index (χ1n) is 6.53. The Balaban J connectivity index is 2.31. The first-order chi connectivity index (χ1) is 9.63. The van der Waals surface area contributed by atoms with E-state index in [1.807, 2.05) is 41.3 Å². The molecule has 0 aliphatic heterocycles. The molecular formula is C15H17Cl3N2. The number of rotatable bonds is 6. The monoisotopic (exact) mass is 330 g/mol. The molecule has 1 heterocycles. The molecule has 20 heavy (non-hydrogen) atoms. The summed E-state index contributed by atoms with van der Waals surface area (Å²) in [6.45, 7) is 2.92. The van der Waals surface area contributed by atoms with E-state index in [-0.39, 0.29) is 5.41 Å². The van der Waals surface area contributed by atoms with Gasteiger partial charge in [0.2, 0.25) is 0 Å². The Labute approximate surface area is 134 Å². The average molecular weight is 332 g/mol. The van der Waals surface area contributed by atoms with Crippen LogP contribution < -0.4 is 0 Å². The van der Waals surface area contributed by atoms with Gasteiger partial charge in [0.05, 0.1) is 6.20 Å². The predicted molar refractivity (Wildman–Crippen MR) is 86.2 cm³/mol. The number of hydrogen-bond acceptors (Lipinski definition) is 1. The first kappa shape index (κ1) is 15.7. The fourth-order valence-electron chi connectivity index (χ4n) is 2.25. The Kier molecular flexibility index (Phi) is 5.36. The summed E-state index contributed by atoms with van der Waals surface area (Å²) in [4.78, 5) is 0. The third-order valence-electron chi connectivity index (χ3n) is 3.52. The van der Waals surface area contributed by atoms with E-state index in [0.717, 1.165) is 24.1 Å². The second-order valence-electron chi connectivity index (χ2n) is 4.94. The fraction of sp³-hybridized carbons (Fsp3) is 0.400. The molecular weight excluding hydrogens is 315 g/mol. The van der Waals surface area contributed by atoms with E-state index in [2.05, 4.69) is 12.0 Å². The molecule has 0 N–H and O–H groups in total. The lowest BCUT2D eigenvalue weighted by Gasteiger charge is -2.30. The topological polar surface area (TPSA) is 17.8 Å². The Morgan fingerprint density at radius 1 is 1.15 bits per heavy atom. The summed E-state index contributed by atoms with van der Waals surface area (Å²) in [7, 11) is 0. The molecule has 0 fully saturated rings. The smallest absolute Gasteiger partial charge is 0.0522 e. The molecule has 0 aliphatic rings. The van der Waals surface area contributed by atoms with Crippen LogP contribution in [0.5, 0.6) is 0 Å². The van der Waals surface area contributed by atoms with E-state index >= 15 is 0 Å². The molecule has 2 rings (SSSR count). The van der Waals surface area contributed by atoms with Gasteiger partial charge in [-0.1, -0.05) is 23.7 Å². The number of nitrogens with zero attached hydrogens (tertiary/aromatic N) is 2. The first-order valence-corrected chi connectivity index (χ1v) is 7.97. The van der Waals surface area contributed by atoms with Crippen LogP contribution in [0, 0.1) is 0 Å². The highest BCUT2D eigenvalue weighted by Crippen LogP contribution is 2.32. The number of benzene rings is 1. The molecule has 0 saturated carbocycles. The maximum atomic E-state index is 6.24. The van der Waals surface area contributed by atoms with E-state index in [4.69, 9.17) is 34.8 Å². The number of halogens is 3. The summed E-state index contributed by atoms with van der Waals surface area (Å²) >= 11 is 18.4. The van der Waals surface area contributed by atoms with Crippen LogP contribution >= 0.6 is 34.8 Å². The second-order valence-corrected chi connectivity index (χ2v) is 5.91. The van der Waals surface area contributed by atoms with Crippen molar-refractivity contribution in [1.29, 1.82) is 0 Å². The molecule has 108 valence electrons.